The monoisotopic (exact) mass is 400 g/mol. The minimum Gasteiger partial charge on any atom is -0.486 e. The summed E-state index contributed by atoms with van der Waals surface area (Å²) < 4.78 is 20.9. The Labute approximate surface area is 166 Å². The molecular formula is C20H20N2O7. The van der Waals surface area contributed by atoms with Gasteiger partial charge in [0.05, 0.1) is 0 Å². The first-order chi connectivity index (χ1) is 14.1. The highest BCUT2D eigenvalue weighted by Gasteiger charge is 2.14. The largest absolute Gasteiger partial charge is 0.486 e. The van der Waals surface area contributed by atoms with E-state index in [0.717, 1.165) is 0 Å². The van der Waals surface area contributed by atoms with E-state index in [0.29, 0.717) is 36.1 Å². The molecule has 0 atom stereocenters. The zero-order valence-corrected chi connectivity index (χ0v) is 15.5. The molecule has 2 amide bonds. The van der Waals surface area contributed by atoms with Crippen molar-refractivity contribution in [2.45, 2.75) is 0 Å². The summed E-state index contributed by atoms with van der Waals surface area (Å²) in [5, 5.41) is 4.95. The summed E-state index contributed by atoms with van der Waals surface area (Å²) in [5.41, 5.74) is 0.488. The van der Waals surface area contributed by atoms with Crippen LogP contribution in [0, 0.1) is 0 Å². The minimum absolute atomic E-state index is 0.234. The van der Waals surface area contributed by atoms with Crippen molar-refractivity contribution >= 4 is 23.5 Å². The number of rotatable bonds is 8. The number of carbonyl (C=O) groups excluding carboxylic acids is 3. The number of para-hydroxylation sites is 1. The molecule has 0 fully saturated rings. The third-order valence-electron chi connectivity index (χ3n) is 3.73. The van der Waals surface area contributed by atoms with Gasteiger partial charge in [-0.25, -0.2) is 0 Å². The van der Waals surface area contributed by atoms with E-state index in [1.54, 1.807) is 42.5 Å². The van der Waals surface area contributed by atoms with E-state index in [1.807, 2.05) is 6.07 Å². The fraction of sp³-hybridized carbons (Fsp3) is 0.250. The number of hydrogen-bond donors (Lipinski definition) is 2. The number of anilines is 1. The van der Waals surface area contributed by atoms with Crippen molar-refractivity contribution in [2.75, 3.05) is 38.3 Å². The molecule has 152 valence electrons. The number of amides is 2. The van der Waals surface area contributed by atoms with E-state index in [2.05, 4.69) is 10.6 Å². The van der Waals surface area contributed by atoms with E-state index in [1.165, 1.54) is 0 Å². The molecular weight excluding hydrogens is 380 g/mol. The summed E-state index contributed by atoms with van der Waals surface area (Å²) in [6.07, 6.45) is 0. The van der Waals surface area contributed by atoms with Crippen molar-refractivity contribution in [3.63, 3.8) is 0 Å². The molecule has 1 heterocycles. The summed E-state index contributed by atoms with van der Waals surface area (Å²) >= 11 is 0. The van der Waals surface area contributed by atoms with Crippen molar-refractivity contribution in [1.82, 2.24) is 5.32 Å². The highest BCUT2D eigenvalue weighted by Crippen LogP contribution is 2.32. The molecule has 9 heteroatoms. The number of carbonyl (C=O) groups is 3. The van der Waals surface area contributed by atoms with Crippen LogP contribution in [0.15, 0.2) is 48.5 Å². The van der Waals surface area contributed by atoms with Crippen molar-refractivity contribution in [1.29, 1.82) is 0 Å². The van der Waals surface area contributed by atoms with Crippen molar-refractivity contribution in [2.24, 2.45) is 0 Å². The summed E-state index contributed by atoms with van der Waals surface area (Å²) in [4.78, 5) is 35.3. The summed E-state index contributed by atoms with van der Waals surface area (Å²) in [7, 11) is 0. The second-order valence-corrected chi connectivity index (χ2v) is 5.95. The Bertz CT molecular complexity index is 870. The molecule has 9 nitrogen and oxygen atoms in total. The quantitative estimate of drug-likeness (QED) is 0.639. The predicted octanol–water partition coefficient (Wildman–Crippen LogP) is 1.13. The van der Waals surface area contributed by atoms with Gasteiger partial charge in [0.2, 0.25) is 0 Å². The maximum atomic E-state index is 11.9. The smallest absolute Gasteiger partial charge is 0.325 e. The number of nitrogens with one attached hydrogen (secondary N) is 2. The molecule has 2 aromatic rings. The van der Waals surface area contributed by atoms with Gasteiger partial charge < -0.3 is 29.6 Å². The summed E-state index contributed by atoms with van der Waals surface area (Å²) in [6.45, 7) is -0.173. The Hall–Kier alpha value is -3.75. The van der Waals surface area contributed by atoms with Gasteiger partial charge in [0.1, 0.15) is 25.5 Å². The van der Waals surface area contributed by atoms with Gasteiger partial charge in [0.25, 0.3) is 11.8 Å². The number of hydrogen-bond acceptors (Lipinski definition) is 7. The first-order valence-corrected chi connectivity index (χ1v) is 8.90. The third kappa shape index (κ3) is 6.42. The van der Waals surface area contributed by atoms with E-state index >= 15 is 0 Å². The molecule has 0 saturated carbocycles. The Morgan fingerprint density at radius 3 is 2.45 bits per heavy atom. The van der Waals surface area contributed by atoms with Gasteiger partial charge in [-0.05, 0) is 24.3 Å². The molecule has 1 aliphatic rings. The minimum atomic E-state index is -0.740. The van der Waals surface area contributed by atoms with Gasteiger partial charge >= 0.3 is 5.97 Å². The van der Waals surface area contributed by atoms with Crippen LogP contribution in [0.2, 0.25) is 0 Å². The first kappa shape index (κ1) is 20.0. The summed E-state index contributed by atoms with van der Waals surface area (Å²) in [5.74, 6) is -0.0594. The van der Waals surface area contributed by atoms with Crippen LogP contribution in [-0.4, -0.2) is 50.8 Å². The number of benzene rings is 2. The molecule has 0 bridgehead atoms. The highest BCUT2D eigenvalue weighted by atomic mass is 16.6. The second kappa shape index (κ2) is 9.98. The molecule has 29 heavy (non-hydrogen) atoms. The lowest BCUT2D eigenvalue weighted by atomic mass is 10.2. The molecule has 0 aromatic heterocycles. The maximum Gasteiger partial charge on any atom is 0.325 e. The molecule has 0 unspecified atom stereocenters. The standard InChI is InChI=1S/C20H20N2O7/c23-18(12-28-15-4-2-1-3-5-15)21-11-20(25)29-13-19(24)22-14-6-7-16-17(10-14)27-9-8-26-16/h1-7,10H,8-9,11-13H2,(H,21,23)(H,22,24). The Morgan fingerprint density at radius 1 is 0.897 bits per heavy atom. The Morgan fingerprint density at radius 2 is 1.66 bits per heavy atom. The second-order valence-electron chi connectivity index (χ2n) is 5.95. The van der Waals surface area contributed by atoms with Crippen LogP contribution in [0.4, 0.5) is 5.69 Å². The highest BCUT2D eigenvalue weighted by molar-refractivity contribution is 5.93. The van der Waals surface area contributed by atoms with Crippen LogP contribution in [0.5, 0.6) is 17.2 Å². The Kier molecular flexibility index (Phi) is 6.88. The van der Waals surface area contributed by atoms with Crippen LogP contribution >= 0.6 is 0 Å². The Balaban J connectivity index is 1.33. The van der Waals surface area contributed by atoms with E-state index in [4.69, 9.17) is 18.9 Å². The van der Waals surface area contributed by atoms with Crippen molar-refractivity contribution < 1.29 is 33.3 Å². The molecule has 0 aliphatic carbocycles. The normalized spacial score (nSPS) is 11.9. The first-order valence-electron chi connectivity index (χ1n) is 8.90. The van der Waals surface area contributed by atoms with Crippen LogP contribution in [0.1, 0.15) is 0 Å². The van der Waals surface area contributed by atoms with Gasteiger partial charge in [-0.3, -0.25) is 14.4 Å². The zero-order chi connectivity index (χ0) is 20.5. The molecule has 2 aromatic carbocycles. The lowest BCUT2D eigenvalue weighted by Gasteiger charge is -2.19. The zero-order valence-electron chi connectivity index (χ0n) is 15.5. The van der Waals surface area contributed by atoms with Crippen molar-refractivity contribution in [3.05, 3.63) is 48.5 Å². The van der Waals surface area contributed by atoms with Crippen molar-refractivity contribution in [3.8, 4) is 17.2 Å². The maximum absolute atomic E-state index is 11.9. The fourth-order valence-corrected chi connectivity index (χ4v) is 2.40. The van der Waals surface area contributed by atoms with E-state index < -0.39 is 24.4 Å². The molecule has 0 saturated heterocycles. The average Bonchev–Trinajstić information content (AvgIpc) is 2.75. The van der Waals surface area contributed by atoms with Crippen LogP contribution < -0.4 is 24.8 Å². The van der Waals surface area contributed by atoms with Crippen LogP contribution in [0.3, 0.4) is 0 Å². The van der Waals surface area contributed by atoms with Gasteiger partial charge in [-0.1, -0.05) is 18.2 Å². The number of fused-ring (bicyclic) bond motifs is 1. The molecule has 0 spiro atoms. The molecule has 0 radical (unpaired) electrons. The fourth-order valence-electron chi connectivity index (χ4n) is 2.40. The number of esters is 1. The van der Waals surface area contributed by atoms with Gasteiger partial charge in [0, 0.05) is 11.8 Å². The van der Waals surface area contributed by atoms with Gasteiger partial charge in [-0.15, -0.1) is 0 Å². The van der Waals surface area contributed by atoms with E-state index in [-0.39, 0.29) is 13.2 Å². The molecule has 1 aliphatic heterocycles. The third-order valence-corrected chi connectivity index (χ3v) is 3.73. The molecule has 2 N–H and O–H groups in total. The van der Waals surface area contributed by atoms with Crippen LogP contribution in [0.25, 0.3) is 0 Å². The van der Waals surface area contributed by atoms with E-state index in [9.17, 15) is 14.4 Å². The van der Waals surface area contributed by atoms with Gasteiger partial charge in [-0.2, -0.15) is 0 Å². The topological polar surface area (TPSA) is 112 Å². The summed E-state index contributed by atoms with van der Waals surface area (Å²) in [6, 6.07) is 13.8. The van der Waals surface area contributed by atoms with Crippen LogP contribution in [-0.2, 0) is 19.1 Å². The lowest BCUT2D eigenvalue weighted by molar-refractivity contribution is -0.147. The van der Waals surface area contributed by atoms with Gasteiger partial charge in [0.15, 0.2) is 24.7 Å². The predicted molar refractivity (Wildman–Crippen MR) is 102 cm³/mol. The molecule has 3 rings (SSSR count). The average molecular weight is 400 g/mol. The number of ether oxygens (including phenoxy) is 4. The SMILES string of the molecule is O=C(COc1ccccc1)NCC(=O)OCC(=O)Nc1ccc2c(c1)OCCO2. The lowest BCUT2D eigenvalue weighted by Crippen LogP contribution is -2.35.